The lowest BCUT2D eigenvalue weighted by atomic mass is 10.2. The largest absolute Gasteiger partial charge is 0.469 e. The van der Waals surface area contributed by atoms with Gasteiger partial charge in [-0.1, -0.05) is 13.3 Å². The average molecular weight is 270 g/mol. The van der Waals surface area contributed by atoms with Gasteiger partial charge in [-0.3, -0.25) is 0 Å². The van der Waals surface area contributed by atoms with Gasteiger partial charge < -0.3 is 14.2 Å². The van der Waals surface area contributed by atoms with Gasteiger partial charge in [0.1, 0.15) is 5.76 Å². The number of carbonyl (C=O) groups excluding carboxylic acids is 2. The summed E-state index contributed by atoms with van der Waals surface area (Å²) in [5.74, 6) is -0.451. The molecule has 0 fully saturated rings. The van der Waals surface area contributed by atoms with Crippen LogP contribution in [0.2, 0.25) is 0 Å². The van der Waals surface area contributed by atoms with E-state index in [1.54, 1.807) is 13.8 Å². The summed E-state index contributed by atoms with van der Waals surface area (Å²) in [6.07, 6.45) is 6.17. The Kier molecular flexibility index (Phi) is 10.3. The van der Waals surface area contributed by atoms with Crippen molar-refractivity contribution in [1.29, 1.82) is 0 Å². The third-order valence-corrected chi connectivity index (χ3v) is 2.05. The highest BCUT2D eigenvalue weighted by atomic mass is 16.5. The molecule has 0 aromatic rings. The molecular weight excluding hydrogens is 248 g/mol. The van der Waals surface area contributed by atoms with Crippen molar-refractivity contribution in [2.45, 2.75) is 40.0 Å². The Balaban J connectivity index is 4.42. The van der Waals surface area contributed by atoms with Crippen LogP contribution in [0.4, 0.5) is 0 Å². The second-order valence-electron chi connectivity index (χ2n) is 3.64. The molecule has 108 valence electrons. The minimum Gasteiger partial charge on any atom is -0.469 e. The lowest BCUT2D eigenvalue weighted by Crippen LogP contribution is -2.03. The summed E-state index contributed by atoms with van der Waals surface area (Å²) in [6.45, 7) is 6.12. The standard InChI is InChI=1S/C14H22O5/c1-4-7-8-12(11-14(16)18-6-3)19-10-9-13(15)17-5-2/h9-11H,4-8H2,1-3H3/b10-9+,12-11+. The molecule has 0 rings (SSSR count). The third kappa shape index (κ3) is 9.88. The average Bonchev–Trinajstić information content (AvgIpc) is 2.36. The summed E-state index contributed by atoms with van der Waals surface area (Å²) < 4.78 is 14.8. The van der Waals surface area contributed by atoms with Gasteiger partial charge in [-0.25, -0.2) is 9.59 Å². The van der Waals surface area contributed by atoms with Crippen molar-refractivity contribution in [3.05, 3.63) is 24.2 Å². The van der Waals surface area contributed by atoms with Crippen molar-refractivity contribution in [3.8, 4) is 0 Å². The van der Waals surface area contributed by atoms with Gasteiger partial charge in [0, 0.05) is 6.42 Å². The van der Waals surface area contributed by atoms with Crippen LogP contribution in [0.5, 0.6) is 0 Å². The van der Waals surface area contributed by atoms with E-state index in [2.05, 4.69) is 0 Å². The van der Waals surface area contributed by atoms with E-state index in [4.69, 9.17) is 14.2 Å². The molecule has 0 aliphatic rings. The van der Waals surface area contributed by atoms with E-state index in [9.17, 15) is 9.59 Å². The van der Waals surface area contributed by atoms with Gasteiger partial charge in [-0.2, -0.15) is 0 Å². The smallest absolute Gasteiger partial charge is 0.334 e. The molecule has 0 saturated heterocycles. The summed E-state index contributed by atoms with van der Waals surface area (Å²) in [5, 5.41) is 0. The van der Waals surface area contributed by atoms with Crippen molar-refractivity contribution in [3.63, 3.8) is 0 Å². The maximum Gasteiger partial charge on any atom is 0.334 e. The van der Waals surface area contributed by atoms with E-state index >= 15 is 0 Å². The van der Waals surface area contributed by atoms with Gasteiger partial charge in [0.2, 0.25) is 0 Å². The molecule has 0 heterocycles. The highest BCUT2D eigenvalue weighted by Gasteiger charge is 2.03. The molecule has 19 heavy (non-hydrogen) atoms. The first kappa shape index (κ1) is 17.2. The zero-order valence-electron chi connectivity index (χ0n) is 11.8. The maximum absolute atomic E-state index is 11.3. The Hall–Kier alpha value is -1.78. The van der Waals surface area contributed by atoms with E-state index in [0.29, 0.717) is 25.4 Å². The van der Waals surface area contributed by atoms with Crippen LogP contribution < -0.4 is 0 Å². The van der Waals surface area contributed by atoms with Gasteiger partial charge in [0.15, 0.2) is 0 Å². The van der Waals surface area contributed by atoms with Crippen LogP contribution in [0.3, 0.4) is 0 Å². The lowest BCUT2D eigenvalue weighted by Gasteiger charge is -2.05. The molecule has 0 saturated carbocycles. The summed E-state index contributed by atoms with van der Waals surface area (Å²) in [7, 11) is 0. The topological polar surface area (TPSA) is 61.8 Å². The molecule has 0 aliphatic carbocycles. The van der Waals surface area contributed by atoms with Crippen LogP contribution in [0.1, 0.15) is 40.0 Å². The van der Waals surface area contributed by atoms with Crippen molar-refractivity contribution < 1.29 is 23.8 Å². The fourth-order valence-electron chi connectivity index (χ4n) is 1.20. The van der Waals surface area contributed by atoms with Crippen LogP contribution in [-0.2, 0) is 23.8 Å². The molecular formula is C14H22O5. The predicted molar refractivity (Wildman–Crippen MR) is 71.1 cm³/mol. The number of hydrogen-bond acceptors (Lipinski definition) is 5. The van der Waals surface area contributed by atoms with E-state index in [0.717, 1.165) is 12.8 Å². The van der Waals surface area contributed by atoms with Crippen molar-refractivity contribution >= 4 is 11.9 Å². The molecule has 0 spiro atoms. The Morgan fingerprint density at radius 2 is 1.63 bits per heavy atom. The number of carbonyl (C=O) groups is 2. The van der Waals surface area contributed by atoms with E-state index in [-0.39, 0.29) is 0 Å². The van der Waals surface area contributed by atoms with Crippen LogP contribution in [0.25, 0.3) is 0 Å². The first-order valence-electron chi connectivity index (χ1n) is 6.51. The highest BCUT2D eigenvalue weighted by Crippen LogP contribution is 2.10. The van der Waals surface area contributed by atoms with E-state index in [1.165, 1.54) is 18.4 Å². The predicted octanol–water partition coefficient (Wildman–Crippen LogP) is 2.72. The highest BCUT2D eigenvalue weighted by molar-refractivity contribution is 5.82. The summed E-state index contributed by atoms with van der Waals surface area (Å²) >= 11 is 0. The van der Waals surface area contributed by atoms with E-state index < -0.39 is 11.9 Å². The molecule has 0 amide bonds. The van der Waals surface area contributed by atoms with Crippen molar-refractivity contribution in [1.82, 2.24) is 0 Å². The molecule has 0 radical (unpaired) electrons. The van der Waals surface area contributed by atoms with Crippen LogP contribution in [0.15, 0.2) is 24.2 Å². The SMILES string of the molecule is CCCC/C(=C\C(=O)OCC)O/C=C/C(=O)OCC. The van der Waals surface area contributed by atoms with Crippen molar-refractivity contribution in [2.24, 2.45) is 0 Å². The summed E-state index contributed by atoms with van der Waals surface area (Å²) in [5.41, 5.74) is 0. The normalized spacial score (nSPS) is 11.4. The molecule has 0 unspecified atom stereocenters. The van der Waals surface area contributed by atoms with Crippen LogP contribution in [-0.4, -0.2) is 25.2 Å². The molecule has 5 nitrogen and oxygen atoms in total. The van der Waals surface area contributed by atoms with Crippen LogP contribution in [0, 0.1) is 0 Å². The second-order valence-corrected chi connectivity index (χ2v) is 3.64. The molecule has 0 N–H and O–H groups in total. The second kappa shape index (κ2) is 11.3. The Bertz CT molecular complexity index is 331. The number of allylic oxidation sites excluding steroid dienone is 1. The Labute approximate surface area is 114 Å². The minimum atomic E-state index is -0.478. The molecule has 0 aliphatic heterocycles. The molecule has 0 aromatic heterocycles. The van der Waals surface area contributed by atoms with Gasteiger partial charge >= 0.3 is 11.9 Å². The quantitative estimate of drug-likeness (QED) is 0.366. The fourth-order valence-corrected chi connectivity index (χ4v) is 1.20. The summed E-state index contributed by atoms with van der Waals surface area (Å²) in [6, 6.07) is 0. The Morgan fingerprint density at radius 3 is 2.21 bits per heavy atom. The maximum atomic E-state index is 11.3. The van der Waals surface area contributed by atoms with E-state index in [1.807, 2.05) is 6.92 Å². The third-order valence-electron chi connectivity index (χ3n) is 2.05. The van der Waals surface area contributed by atoms with Gasteiger partial charge in [0.05, 0.1) is 31.6 Å². The van der Waals surface area contributed by atoms with Gasteiger partial charge in [-0.05, 0) is 20.3 Å². The minimum absolute atomic E-state index is 0.310. The monoisotopic (exact) mass is 270 g/mol. The number of unbranched alkanes of at least 4 members (excludes halogenated alkanes) is 1. The molecule has 0 atom stereocenters. The first-order chi connectivity index (χ1) is 9.13. The Morgan fingerprint density at radius 1 is 1.00 bits per heavy atom. The number of ether oxygens (including phenoxy) is 3. The number of hydrogen-bond donors (Lipinski definition) is 0. The fraction of sp³-hybridized carbons (Fsp3) is 0.571. The number of esters is 2. The van der Waals surface area contributed by atoms with Crippen molar-refractivity contribution in [2.75, 3.05) is 13.2 Å². The number of rotatable bonds is 9. The molecule has 0 aromatic carbocycles. The zero-order valence-corrected chi connectivity index (χ0v) is 11.8. The summed E-state index contributed by atoms with van der Waals surface area (Å²) in [4.78, 5) is 22.4. The molecule has 5 heteroatoms. The van der Waals surface area contributed by atoms with Gasteiger partial charge in [-0.15, -0.1) is 0 Å². The zero-order chi connectivity index (χ0) is 14.5. The molecule has 0 bridgehead atoms. The lowest BCUT2D eigenvalue weighted by molar-refractivity contribution is -0.138. The van der Waals surface area contributed by atoms with Crippen LogP contribution >= 0.6 is 0 Å². The van der Waals surface area contributed by atoms with Gasteiger partial charge in [0.25, 0.3) is 0 Å². The first-order valence-corrected chi connectivity index (χ1v) is 6.51.